The monoisotopic (exact) mass is 218 g/mol. The van der Waals surface area contributed by atoms with E-state index < -0.39 is 0 Å². The van der Waals surface area contributed by atoms with Gasteiger partial charge >= 0.3 is 0 Å². The van der Waals surface area contributed by atoms with E-state index >= 15 is 0 Å². The van der Waals surface area contributed by atoms with Gasteiger partial charge < -0.3 is 4.74 Å². The molecule has 1 saturated heterocycles. The Balaban J connectivity index is 1.96. The van der Waals surface area contributed by atoms with Gasteiger partial charge in [-0.1, -0.05) is 28.8 Å². The van der Waals surface area contributed by atoms with Crippen molar-refractivity contribution in [3.8, 4) is 0 Å². The van der Waals surface area contributed by atoms with Crippen molar-refractivity contribution in [2.75, 3.05) is 5.33 Å². The lowest BCUT2D eigenvalue weighted by Gasteiger charge is -2.22. The zero-order chi connectivity index (χ0) is 7.73. The molecule has 0 amide bonds. The van der Waals surface area contributed by atoms with Crippen molar-refractivity contribution in [1.82, 2.24) is 0 Å². The molecule has 0 aromatic heterocycles. The maximum absolute atomic E-state index is 6.01. The summed E-state index contributed by atoms with van der Waals surface area (Å²) in [4.78, 5) is 0. The van der Waals surface area contributed by atoms with E-state index in [1.807, 2.05) is 0 Å². The Hall–Kier alpha value is 0.440. The summed E-state index contributed by atoms with van der Waals surface area (Å²) in [7, 11) is 0. The Morgan fingerprint density at radius 3 is 2.55 bits per heavy atom. The molecule has 1 saturated carbocycles. The Labute approximate surface area is 76.6 Å². The van der Waals surface area contributed by atoms with Crippen LogP contribution < -0.4 is 0 Å². The molecule has 1 heterocycles. The second-order valence-electron chi connectivity index (χ2n) is 3.82. The molecule has 1 nitrogen and oxygen atoms in total. The zero-order valence-corrected chi connectivity index (χ0v) is 8.40. The molecule has 1 atom stereocenters. The Morgan fingerprint density at radius 2 is 2.00 bits per heavy atom. The van der Waals surface area contributed by atoms with Crippen molar-refractivity contribution in [1.29, 1.82) is 0 Å². The average Bonchev–Trinajstić information content (AvgIpc) is 2.62. The Bertz CT molecular complexity index is 140. The third-order valence-corrected chi connectivity index (χ3v) is 3.75. The Kier molecular flexibility index (Phi) is 2.24. The SMILES string of the molecule is BrC[C@H]1CCC2(CCCC2)O1. The highest BCUT2D eigenvalue weighted by Crippen LogP contribution is 2.43. The summed E-state index contributed by atoms with van der Waals surface area (Å²) in [5.74, 6) is 0. The van der Waals surface area contributed by atoms with Crippen molar-refractivity contribution in [3.63, 3.8) is 0 Å². The molecule has 0 N–H and O–H groups in total. The lowest BCUT2D eigenvalue weighted by atomic mass is 9.98. The van der Waals surface area contributed by atoms with Gasteiger partial charge in [0.15, 0.2) is 0 Å². The average molecular weight is 219 g/mol. The van der Waals surface area contributed by atoms with E-state index in [1.54, 1.807) is 0 Å². The van der Waals surface area contributed by atoms with Crippen molar-refractivity contribution in [2.24, 2.45) is 0 Å². The highest BCUT2D eigenvalue weighted by atomic mass is 79.9. The number of hydrogen-bond acceptors (Lipinski definition) is 1. The molecule has 0 unspecified atom stereocenters. The topological polar surface area (TPSA) is 9.23 Å². The number of halogens is 1. The number of ether oxygens (including phenoxy) is 1. The molecule has 0 aromatic carbocycles. The summed E-state index contributed by atoms with van der Waals surface area (Å²) in [6.45, 7) is 0. The summed E-state index contributed by atoms with van der Waals surface area (Å²) >= 11 is 3.48. The standard InChI is InChI=1S/C9H15BrO/c10-7-8-3-6-9(11-8)4-1-2-5-9/h8H,1-7H2/t8-/m1/s1. The quantitative estimate of drug-likeness (QED) is 0.616. The van der Waals surface area contributed by atoms with Crippen LogP contribution in [0.3, 0.4) is 0 Å². The number of rotatable bonds is 1. The summed E-state index contributed by atoms with van der Waals surface area (Å²) in [6, 6.07) is 0. The van der Waals surface area contributed by atoms with E-state index in [-0.39, 0.29) is 0 Å². The first kappa shape index (κ1) is 8.06. The van der Waals surface area contributed by atoms with Crippen LogP contribution in [-0.4, -0.2) is 17.0 Å². The largest absolute Gasteiger partial charge is 0.371 e. The van der Waals surface area contributed by atoms with E-state index in [2.05, 4.69) is 15.9 Å². The van der Waals surface area contributed by atoms with Crippen molar-refractivity contribution < 1.29 is 4.74 Å². The summed E-state index contributed by atoms with van der Waals surface area (Å²) < 4.78 is 6.01. The van der Waals surface area contributed by atoms with Crippen LogP contribution in [0.25, 0.3) is 0 Å². The van der Waals surface area contributed by atoms with Gasteiger partial charge in [-0.05, 0) is 25.7 Å². The summed E-state index contributed by atoms with van der Waals surface area (Å²) in [5, 5.41) is 1.02. The predicted molar refractivity (Wildman–Crippen MR) is 49.1 cm³/mol. The highest BCUT2D eigenvalue weighted by molar-refractivity contribution is 9.09. The minimum absolute atomic E-state index is 0.332. The van der Waals surface area contributed by atoms with Gasteiger partial charge in [-0.3, -0.25) is 0 Å². The third kappa shape index (κ3) is 1.48. The first-order valence-electron chi connectivity index (χ1n) is 4.58. The molecule has 2 rings (SSSR count). The van der Waals surface area contributed by atoms with Gasteiger partial charge in [-0.2, -0.15) is 0 Å². The van der Waals surface area contributed by atoms with Crippen molar-refractivity contribution in [3.05, 3.63) is 0 Å². The lowest BCUT2D eigenvalue weighted by molar-refractivity contribution is -0.0263. The van der Waals surface area contributed by atoms with Crippen molar-refractivity contribution >= 4 is 15.9 Å². The number of hydrogen-bond donors (Lipinski definition) is 0. The van der Waals surface area contributed by atoms with E-state index in [0.29, 0.717) is 11.7 Å². The van der Waals surface area contributed by atoms with Crippen LogP contribution in [0.4, 0.5) is 0 Å². The first-order chi connectivity index (χ1) is 5.35. The van der Waals surface area contributed by atoms with Gasteiger partial charge in [0.1, 0.15) is 0 Å². The fourth-order valence-corrected chi connectivity index (χ4v) is 2.85. The van der Waals surface area contributed by atoms with Crippen LogP contribution in [0.1, 0.15) is 38.5 Å². The maximum Gasteiger partial charge on any atom is 0.0687 e. The Morgan fingerprint density at radius 1 is 1.27 bits per heavy atom. The molecule has 0 aromatic rings. The molecular formula is C9H15BrO. The van der Waals surface area contributed by atoms with Crippen LogP contribution in [0, 0.1) is 0 Å². The van der Waals surface area contributed by atoms with Crippen LogP contribution in [0.2, 0.25) is 0 Å². The molecule has 11 heavy (non-hydrogen) atoms. The van der Waals surface area contributed by atoms with E-state index in [1.165, 1.54) is 38.5 Å². The number of alkyl halides is 1. The van der Waals surface area contributed by atoms with Crippen LogP contribution in [0.5, 0.6) is 0 Å². The molecule has 2 aliphatic rings. The molecular weight excluding hydrogens is 204 g/mol. The first-order valence-corrected chi connectivity index (χ1v) is 5.71. The summed E-state index contributed by atoms with van der Waals surface area (Å²) in [5.41, 5.74) is 0.332. The molecule has 1 aliphatic heterocycles. The van der Waals surface area contributed by atoms with Gasteiger partial charge in [0.25, 0.3) is 0 Å². The molecule has 0 bridgehead atoms. The van der Waals surface area contributed by atoms with E-state index in [9.17, 15) is 0 Å². The van der Waals surface area contributed by atoms with E-state index in [0.717, 1.165) is 5.33 Å². The third-order valence-electron chi connectivity index (χ3n) is 3.03. The van der Waals surface area contributed by atoms with Gasteiger partial charge in [-0.15, -0.1) is 0 Å². The second-order valence-corrected chi connectivity index (χ2v) is 4.47. The minimum Gasteiger partial charge on any atom is -0.371 e. The van der Waals surface area contributed by atoms with Gasteiger partial charge in [0, 0.05) is 5.33 Å². The second kappa shape index (κ2) is 3.06. The fourth-order valence-electron chi connectivity index (χ4n) is 2.39. The molecule has 64 valence electrons. The van der Waals surface area contributed by atoms with Crippen molar-refractivity contribution in [2.45, 2.75) is 50.2 Å². The normalized spacial score (nSPS) is 35.2. The molecule has 0 radical (unpaired) electrons. The lowest BCUT2D eigenvalue weighted by Crippen LogP contribution is -2.25. The summed E-state index contributed by atoms with van der Waals surface area (Å²) in [6.07, 6.45) is 8.49. The maximum atomic E-state index is 6.01. The highest BCUT2D eigenvalue weighted by Gasteiger charge is 2.41. The molecule has 1 spiro atoms. The molecule has 2 heteroatoms. The van der Waals surface area contributed by atoms with Gasteiger partial charge in [0.05, 0.1) is 11.7 Å². The predicted octanol–water partition coefficient (Wildman–Crippen LogP) is 2.87. The van der Waals surface area contributed by atoms with Crippen LogP contribution in [0.15, 0.2) is 0 Å². The van der Waals surface area contributed by atoms with Crippen LogP contribution >= 0.6 is 15.9 Å². The smallest absolute Gasteiger partial charge is 0.0687 e. The van der Waals surface area contributed by atoms with E-state index in [4.69, 9.17) is 4.74 Å². The minimum atomic E-state index is 0.332. The van der Waals surface area contributed by atoms with Gasteiger partial charge in [-0.25, -0.2) is 0 Å². The molecule has 1 aliphatic carbocycles. The zero-order valence-electron chi connectivity index (χ0n) is 6.81. The van der Waals surface area contributed by atoms with Crippen LogP contribution in [-0.2, 0) is 4.74 Å². The fraction of sp³-hybridized carbons (Fsp3) is 1.00. The molecule has 2 fully saturated rings. The van der Waals surface area contributed by atoms with Gasteiger partial charge in [0.2, 0.25) is 0 Å².